The van der Waals surface area contributed by atoms with Crippen LogP contribution < -0.4 is 0 Å². The van der Waals surface area contributed by atoms with Crippen LogP contribution in [0.2, 0.25) is 0 Å². The van der Waals surface area contributed by atoms with Crippen LogP contribution in [0.15, 0.2) is 11.6 Å². The number of hydrogen-bond acceptors (Lipinski definition) is 3. The van der Waals surface area contributed by atoms with Crippen molar-refractivity contribution in [1.29, 1.82) is 0 Å². The van der Waals surface area contributed by atoms with E-state index in [9.17, 15) is 15.0 Å². The van der Waals surface area contributed by atoms with Crippen LogP contribution in [-0.2, 0) is 4.79 Å². The van der Waals surface area contributed by atoms with Crippen molar-refractivity contribution in [2.75, 3.05) is 6.61 Å². The Bertz CT molecular complexity index is 610. The van der Waals surface area contributed by atoms with Crippen molar-refractivity contribution in [2.24, 2.45) is 34.0 Å². The van der Waals surface area contributed by atoms with Gasteiger partial charge in [-0.1, -0.05) is 25.5 Å². The quantitative estimate of drug-likeness (QED) is 0.746. The molecule has 3 nitrogen and oxygen atoms in total. The van der Waals surface area contributed by atoms with Crippen LogP contribution >= 0.6 is 0 Å². The number of hydrogen-bond donors (Lipinski definition) is 2. The predicted molar refractivity (Wildman–Crippen MR) is 97.9 cm³/mol. The fourth-order valence-electron chi connectivity index (χ4n) is 7.73. The Hall–Kier alpha value is -0.670. The van der Waals surface area contributed by atoms with Gasteiger partial charge in [-0.05, 0) is 86.9 Å². The Morgan fingerprint density at radius 3 is 2.56 bits per heavy atom. The lowest BCUT2D eigenvalue weighted by molar-refractivity contribution is -0.145. The molecule has 0 aromatic heterocycles. The normalized spacial score (nSPS) is 52.0. The fraction of sp³-hybridized carbons (Fsp3) is 0.864. The number of carbonyl (C=O) groups excluding carboxylic acids is 1. The molecule has 3 saturated carbocycles. The maximum Gasteiger partial charge on any atom is 0.138 e. The average molecular weight is 347 g/mol. The lowest BCUT2D eigenvalue weighted by Crippen LogP contribution is -2.55. The van der Waals surface area contributed by atoms with Gasteiger partial charge in [-0.2, -0.15) is 0 Å². The summed E-state index contributed by atoms with van der Waals surface area (Å²) in [7, 11) is 0. The van der Waals surface area contributed by atoms with Crippen LogP contribution in [0.5, 0.6) is 0 Å². The van der Waals surface area contributed by atoms with E-state index < -0.39 is 5.41 Å². The van der Waals surface area contributed by atoms with Gasteiger partial charge in [0.25, 0.3) is 0 Å². The summed E-state index contributed by atoms with van der Waals surface area (Å²) in [5.74, 6) is 2.05. The van der Waals surface area contributed by atoms with Gasteiger partial charge in [0.05, 0.1) is 18.1 Å². The second kappa shape index (κ2) is 5.66. The molecule has 3 heteroatoms. The molecule has 0 heterocycles. The molecule has 0 aromatic carbocycles. The number of allylic oxidation sites excluding steroid dienone is 1. The first-order valence-electron chi connectivity index (χ1n) is 10.3. The van der Waals surface area contributed by atoms with Gasteiger partial charge in [0.15, 0.2) is 0 Å². The standard InChI is InChI=1S/C22H34O3/c1-14(24)22(13-23)11-8-19-17-5-4-15-12-16(25)6-9-20(15,2)18(17)7-10-21(19,22)3/h4,16-19,23,25H,5-13H2,1-3H3/t16?,17-,18+,19+,20+,21+,22+/m1/s1. The summed E-state index contributed by atoms with van der Waals surface area (Å²) in [6.07, 6.45) is 10.4. The number of ketones is 1. The number of fused-ring (bicyclic) bond motifs is 5. The summed E-state index contributed by atoms with van der Waals surface area (Å²) >= 11 is 0. The molecule has 0 radical (unpaired) electrons. The molecular formula is C22H34O3. The van der Waals surface area contributed by atoms with Crippen LogP contribution in [-0.4, -0.2) is 28.7 Å². The van der Waals surface area contributed by atoms with Crippen molar-refractivity contribution in [3.63, 3.8) is 0 Å². The van der Waals surface area contributed by atoms with E-state index in [2.05, 4.69) is 19.9 Å². The van der Waals surface area contributed by atoms with E-state index in [1.807, 2.05) is 0 Å². The molecule has 2 N–H and O–H groups in total. The largest absolute Gasteiger partial charge is 0.395 e. The van der Waals surface area contributed by atoms with E-state index in [-0.39, 0.29) is 29.3 Å². The van der Waals surface area contributed by atoms with Gasteiger partial charge < -0.3 is 10.2 Å². The third kappa shape index (κ3) is 2.15. The maximum atomic E-state index is 12.5. The Kier molecular flexibility index (Phi) is 4.01. The van der Waals surface area contributed by atoms with E-state index in [4.69, 9.17) is 0 Å². The first kappa shape index (κ1) is 17.7. The summed E-state index contributed by atoms with van der Waals surface area (Å²) in [5, 5.41) is 20.3. The van der Waals surface area contributed by atoms with Crippen molar-refractivity contribution < 1.29 is 15.0 Å². The topological polar surface area (TPSA) is 57.5 Å². The highest BCUT2D eigenvalue weighted by Crippen LogP contribution is 2.69. The van der Waals surface area contributed by atoms with Crippen molar-refractivity contribution in [3.8, 4) is 0 Å². The summed E-state index contributed by atoms with van der Waals surface area (Å²) in [6, 6.07) is 0. The molecule has 3 fully saturated rings. The van der Waals surface area contributed by atoms with Crippen LogP contribution in [0, 0.1) is 34.0 Å². The minimum atomic E-state index is -0.518. The third-order valence-corrected chi connectivity index (χ3v) is 9.39. The second-order valence-corrected chi connectivity index (χ2v) is 9.95. The highest BCUT2D eigenvalue weighted by Gasteiger charge is 2.65. The zero-order valence-corrected chi connectivity index (χ0v) is 16.1. The van der Waals surface area contributed by atoms with Crippen molar-refractivity contribution >= 4 is 5.78 Å². The minimum absolute atomic E-state index is 0.0112. The third-order valence-electron chi connectivity index (χ3n) is 9.39. The lowest BCUT2D eigenvalue weighted by atomic mass is 9.45. The monoisotopic (exact) mass is 346 g/mol. The summed E-state index contributed by atoms with van der Waals surface area (Å²) in [4.78, 5) is 12.5. The number of Topliss-reactive ketones (excluding diaryl/α,β-unsaturated/α-hetero) is 1. The molecule has 0 spiro atoms. The van der Waals surface area contributed by atoms with Gasteiger partial charge >= 0.3 is 0 Å². The first-order valence-corrected chi connectivity index (χ1v) is 10.3. The van der Waals surface area contributed by atoms with Crippen LogP contribution in [0.4, 0.5) is 0 Å². The van der Waals surface area contributed by atoms with E-state index >= 15 is 0 Å². The molecule has 0 amide bonds. The minimum Gasteiger partial charge on any atom is -0.395 e. The van der Waals surface area contributed by atoms with Crippen LogP contribution in [0.25, 0.3) is 0 Å². The summed E-state index contributed by atoms with van der Waals surface area (Å²) < 4.78 is 0. The van der Waals surface area contributed by atoms with Gasteiger partial charge in [0.1, 0.15) is 5.78 Å². The van der Waals surface area contributed by atoms with E-state index in [1.54, 1.807) is 6.92 Å². The molecule has 0 bridgehead atoms. The Morgan fingerprint density at radius 2 is 1.88 bits per heavy atom. The number of aliphatic hydroxyl groups is 2. The van der Waals surface area contributed by atoms with Gasteiger partial charge in [-0.15, -0.1) is 0 Å². The van der Waals surface area contributed by atoms with E-state index in [0.717, 1.165) is 51.4 Å². The maximum absolute atomic E-state index is 12.5. The predicted octanol–water partition coefficient (Wildman–Crippen LogP) is 3.88. The molecule has 4 aliphatic carbocycles. The number of aliphatic hydroxyl groups excluding tert-OH is 2. The Morgan fingerprint density at radius 1 is 1.16 bits per heavy atom. The highest BCUT2D eigenvalue weighted by molar-refractivity contribution is 5.84. The SMILES string of the molecule is CC(=O)[C@@]1(CO)CC[C@H]2[C@@H]3CC=C4CC(O)CC[C@]4(C)[C@H]3CC[C@@]21C. The van der Waals surface area contributed by atoms with Gasteiger partial charge in [-0.25, -0.2) is 0 Å². The summed E-state index contributed by atoms with van der Waals surface area (Å²) in [6.45, 7) is 6.43. The van der Waals surface area contributed by atoms with E-state index in [0.29, 0.717) is 17.8 Å². The zero-order chi connectivity index (χ0) is 18.0. The zero-order valence-electron chi connectivity index (χ0n) is 16.1. The molecular weight excluding hydrogens is 312 g/mol. The fourth-order valence-corrected chi connectivity index (χ4v) is 7.73. The van der Waals surface area contributed by atoms with Crippen molar-refractivity contribution in [3.05, 3.63) is 11.6 Å². The molecule has 4 rings (SSSR count). The molecule has 140 valence electrons. The van der Waals surface area contributed by atoms with E-state index in [1.165, 1.54) is 5.57 Å². The lowest BCUT2D eigenvalue weighted by Gasteiger charge is -2.59. The molecule has 25 heavy (non-hydrogen) atoms. The molecule has 1 unspecified atom stereocenters. The molecule has 7 atom stereocenters. The van der Waals surface area contributed by atoms with Crippen LogP contribution in [0.3, 0.4) is 0 Å². The molecule has 0 aliphatic heterocycles. The molecule has 4 aliphatic rings. The smallest absolute Gasteiger partial charge is 0.138 e. The average Bonchev–Trinajstić information content (AvgIpc) is 2.89. The Balaban J connectivity index is 1.70. The highest BCUT2D eigenvalue weighted by atomic mass is 16.3. The van der Waals surface area contributed by atoms with Crippen LogP contribution in [0.1, 0.15) is 72.1 Å². The Labute approximate surface area is 151 Å². The molecule has 0 aromatic rings. The number of rotatable bonds is 2. The first-order chi connectivity index (χ1) is 11.8. The van der Waals surface area contributed by atoms with Crippen molar-refractivity contribution in [2.45, 2.75) is 78.2 Å². The van der Waals surface area contributed by atoms with Gasteiger partial charge in [0, 0.05) is 0 Å². The summed E-state index contributed by atoms with van der Waals surface area (Å²) in [5.41, 5.74) is 1.17. The number of carbonyl (C=O) groups is 1. The second-order valence-electron chi connectivity index (χ2n) is 9.95. The molecule has 0 saturated heterocycles. The van der Waals surface area contributed by atoms with Gasteiger partial charge in [0.2, 0.25) is 0 Å². The van der Waals surface area contributed by atoms with Gasteiger partial charge in [-0.3, -0.25) is 4.79 Å². The van der Waals surface area contributed by atoms with Crippen molar-refractivity contribution in [1.82, 2.24) is 0 Å².